The lowest BCUT2D eigenvalue weighted by atomic mass is 10.5. The Bertz CT molecular complexity index is 247. The Morgan fingerprint density at radius 2 is 2.08 bits per heavy atom. The Morgan fingerprint density at radius 3 is 2.54 bits per heavy atom. The van der Waals surface area contributed by atoms with Gasteiger partial charge in [0.15, 0.2) is 9.84 Å². The van der Waals surface area contributed by atoms with Gasteiger partial charge >= 0.3 is 5.97 Å². The maximum absolute atomic E-state index is 11.1. The quantitative estimate of drug-likeness (QED) is 0.457. The van der Waals surface area contributed by atoms with Crippen molar-refractivity contribution in [3.8, 4) is 0 Å². The van der Waals surface area contributed by atoms with Crippen LogP contribution in [0.25, 0.3) is 0 Å². The lowest BCUT2D eigenvalue weighted by Gasteiger charge is -2.02. The first kappa shape index (κ1) is 12.4. The van der Waals surface area contributed by atoms with E-state index in [9.17, 15) is 13.2 Å². The summed E-state index contributed by atoms with van der Waals surface area (Å²) in [5, 5.41) is 2.83. The van der Waals surface area contributed by atoms with Crippen LogP contribution >= 0.6 is 0 Å². The molecular weight excluding hydrogens is 194 g/mol. The van der Waals surface area contributed by atoms with Gasteiger partial charge in [-0.15, -0.1) is 0 Å². The second kappa shape index (κ2) is 5.93. The summed E-state index contributed by atoms with van der Waals surface area (Å²) in [5.74, 6) is -1.21. The summed E-state index contributed by atoms with van der Waals surface area (Å²) in [5.41, 5.74) is 0. The Kier molecular flexibility index (Phi) is 5.65. The molecule has 6 heteroatoms. The lowest BCUT2D eigenvalue weighted by molar-refractivity contribution is -0.137. The van der Waals surface area contributed by atoms with Crippen LogP contribution in [0.1, 0.15) is 6.42 Å². The highest BCUT2D eigenvalue weighted by atomic mass is 32.2. The molecule has 0 heterocycles. The minimum Gasteiger partial charge on any atom is -0.468 e. The predicted molar refractivity (Wildman–Crippen MR) is 49.2 cm³/mol. The van der Waals surface area contributed by atoms with E-state index in [1.807, 2.05) is 0 Å². The number of hydrogen-bond acceptors (Lipinski definition) is 5. The molecular formula is C7H15NO4S. The van der Waals surface area contributed by atoms with Crippen LogP contribution in [0.4, 0.5) is 0 Å². The molecule has 0 unspecified atom stereocenters. The second-order valence-corrected chi connectivity index (χ2v) is 4.81. The van der Waals surface area contributed by atoms with Crippen molar-refractivity contribution < 1.29 is 17.9 Å². The van der Waals surface area contributed by atoms with Crippen molar-refractivity contribution in [1.29, 1.82) is 0 Å². The van der Waals surface area contributed by atoms with E-state index in [1.165, 1.54) is 7.11 Å². The van der Waals surface area contributed by atoms with Crippen molar-refractivity contribution in [3.63, 3.8) is 0 Å². The van der Waals surface area contributed by atoms with Gasteiger partial charge in [0.1, 0.15) is 5.75 Å². The monoisotopic (exact) mass is 209 g/mol. The van der Waals surface area contributed by atoms with Crippen LogP contribution in [0.3, 0.4) is 0 Å². The zero-order valence-corrected chi connectivity index (χ0v) is 8.69. The highest BCUT2D eigenvalue weighted by Gasteiger charge is 2.15. The number of methoxy groups -OCH3 is 1. The van der Waals surface area contributed by atoms with E-state index in [2.05, 4.69) is 10.1 Å². The standard InChI is InChI=1S/C7H15NO4S/c1-8-4-3-5-13(10,11)6-7(9)12-2/h8H,3-6H2,1-2H3. The molecule has 0 spiro atoms. The lowest BCUT2D eigenvalue weighted by Crippen LogP contribution is -2.22. The number of esters is 1. The molecule has 0 amide bonds. The molecule has 0 aromatic heterocycles. The summed E-state index contributed by atoms with van der Waals surface area (Å²) in [6.45, 7) is 0.625. The highest BCUT2D eigenvalue weighted by molar-refractivity contribution is 7.92. The van der Waals surface area contributed by atoms with Gasteiger partial charge in [0.2, 0.25) is 0 Å². The highest BCUT2D eigenvalue weighted by Crippen LogP contribution is 1.94. The van der Waals surface area contributed by atoms with Crippen LogP contribution in [0, 0.1) is 0 Å². The van der Waals surface area contributed by atoms with Gasteiger partial charge in [-0.2, -0.15) is 0 Å². The molecule has 0 atom stereocenters. The molecule has 1 N–H and O–H groups in total. The Morgan fingerprint density at radius 1 is 1.46 bits per heavy atom. The maximum atomic E-state index is 11.1. The maximum Gasteiger partial charge on any atom is 0.320 e. The minimum absolute atomic E-state index is 0.0168. The molecule has 0 saturated heterocycles. The average molecular weight is 209 g/mol. The van der Waals surface area contributed by atoms with Crippen LogP contribution in [-0.4, -0.2) is 46.6 Å². The van der Waals surface area contributed by atoms with Gasteiger partial charge < -0.3 is 10.1 Å². The van der Waals surface area contributed by atoms with Crippen LogP contribution in [0.15, 0.2) is 0 Å². The van der Waals surface area contributed by atoms with Crippen molar-refractivity contribution >= 4 is 15.8 Å². The summed E-state index contributed by atoms with van der Waals surface area (Å²) >= 11 is 0. The van der Waals surface area contributed by atoms with E-state index < -0.39 is 21.6 Å². The van der Waals surface area contributed by atoms with Gasteiger partial charge in [0.25, 0.3) is 0 Å². The number of ether oxygens (including phenoxy) is 1. The molecule has 0 fully saturated rings. The van der Waals surface area contributed by atoms with Crippen LogP contribution in [0.2, 0.25) is 0 Å². The molecule has 0 aliphatic rings. The molecule has 5 nitrogen and oxygen atoms in total. The molecule has 0 aliphatic carbocycles. The van der Waals surface area contributed by atoms with E-state index in [0.717, 1.165) is 0 Å². The zero-order valence-electron chi connectivity index (χ0n) is 7.87. The largest absolute Gasteiger partial charge is 0.468 e. The third kappa shape index (κ3) is 6.53. The van der Waals surface area contributed by atoms with Gasteiger partial charge in [-0.1, -0.05) is 0 Å². The molecule has 13 heavy (non-hydrogen) atoms. The van der Waals surface area contributed by atoms with Gasteiger partial charge in [-0.25, -0.2) is 8.42 Å². The molecule has 0 radical (unpaired) electrons. The third-order valence-corrected chi connectivity index (χ3v) is 3.03. The van der Waals surface area contributed by atoms with E-state index in [1.54, 1.807) is 7.05 Å². The normalized spacial score (nSPS) is 11.2. The van der Waals surface area contributed by atoms with E-state index in [0.29, 0.717) is 13.0 Å². The van der Waals surface area contributed by atoms with Crippen molar-refractivity contribution in [2.45, 2.75) is 6.42 Å². The van der Waals surface area contributed by atoms with Gasteiger partial charge in [0, 0.05) is 0 Å². The van der Waals surface area contributed by atoms with Crippen molar-refractivity contribution in [3.05, 3.63) is 0 Å². The molecule has 0 aliphatic heterocycles. The van der Waals surface area contributed by atoms with E-state index >= 15 is 0 Å². The molecule has 78 valence electrons. The number of rotatable bonds is 6. The fraction of sp³-hybridized carbons (Fsp3) is 0.857. The smallest absolute Gasteiger partial charge is 0.320 e. The fourth-order valence-electron chi connectivity index (χ4n) is 0.780. The molecule has 0 rings (SSSR count). The first-order chi connectivity index (χ1) is 6.02. The molecule has 0 aromatic carbocycles. The SMILES string of the molecule is CNCCCS(=O)(=O)CC(=O)OC. The zero-order chi connectivity index (χ0) is 10.3. The Labute approximate surface area is 78.4 Å². The number of nitrogens with one attached hydrogen (secondary N) is 1. The first-order valence-corrected chi connectivity index (χ1v) is 5.76. The first-order valence-electron chi connectivity index (χ1n) is 3.93. The van der Waals surface area contributed by atoms with Crippen molar-refractivity contribution in [2.75, 3.05) is 32.2 Å². The fourth-order valence-corrected chi connectivity index (χ4v) is 1.98. The van der Waals surface area contributed by atoms with E-state index in [4.69, 9.17) is 0 Å². The number of hydrogen-bond donors (Lipinski definition) is 1. The topological polar surface area (TPSA) is 72.5 Å². The Balaban J connectivity index is 3.88. The number of carbonyl (C=O) groups excluding carboxylic acids is 1. The van der Waals surface area contributed by atoms with Crippen LogP contribution in [-0.2, 0) is 19.4 Å². The summed E-state index contributed by atoms with van der Waals surface area (Å²) in [6, 6.07) is 0. The minimum atomic E-state index is -3.28. The summed E-state index contributed by atoms with van der Waals surface area (Å²) in [6.07, 6.45) is 0.510. The summed E-state index contributed by atoms with van der Waals surface area (Å²) < 4.78 is 26.6. The molecule has 0 bridgehead atoms. The molecule has 0 aromatic rings. The average Bonchev–Trinajstić information content (AvgIpc) is 2.03. The second-order valence-electron chi connectivity index (χ2n) is 2.63. The van der Waals surface area contributed by atoms with Crippen molar-refractivity contribution in [1.82, 2.24) is 5.32 Å². The van der Waals surface area contributed by atoms with Crippen LogP contribution in [0.5, 0.6) is 0 Å². The summed E-state index contributed by atoms with van der Waals surface area (Å²) in [4.78, 5) is 10.6. The van der Waals surface area contributed by atoms with Crippen molar-refractivity contribution in [2.24, 2.45) is 0 Å². The van der Waals surface area contributed by atoms with Crippen LogP contribution < -0.4 is 5.32 Å². The predicted octanol–water partition coefficient (Wildman–Crippen LogP) is -0.816. The summed E-state index contributed by atoms with van der Waals surface area (Å²) in [7, 11) is -0.365. The number of sulfone groups is 1. The third-order valence-electron chi connectivity index (χ3n) is 1.45. The van der Waals surface area contributed by atoms with Gasteiger partial charge in [0.05, 0.1) is 12.9 Å². The Hall–Kier alpha value is -0.620. The van der Waals surface area contributed by atoms with E-state index in [-0.39, 0.29) is 5.75 Å². The van der Waals surface area contributed by atoms with Gasteiger partial charge in [-0.3, -0.25) is 4.79 Å². The van der Waals surface area contributed by atoms with Gasteiger partial charge in [-0.05, 0) is 20.0 Å². The number of carbonyl (C=O) groups is 1. The molecule has 0 saturated carbocycles.